The quantitative estimate of drug-likeness (QED) is 0.332. The smallest absolute Gasteiger partial charge is 0.414 e. The van der Waals surface area contributed by atoms with Gasteiger partial charge in [-0.15, -0.1) is 0 Å². The highest BCUT2D eigenvalue weighted by atomic mass is 19.1. The van der Waals surface area contributed by atoms with Crippen molar-refractivity contribution in [2.75, 3.05) is 24.6 Å². The monoisotopic (exact) mass is 525 g/mol. The summed E-state index contributed by atoms with van der Waals surface area (Å²) < 4.78 is 27.3. The second-order valence-electron chi connectivity index (χ2n) is 8.94. The highest BCUT2D eigenvalue weighted by molar-refractivity contribution is 5.90. The second kappa shape index (κ2) is 10.4. The number of nitrogens with one attached hydrogen (secondary N) is 2. The second-order valence-corrected chi connectivity index (χ2v) is 8.94. The Morgan fingerprint density at radius 3 is 2.84 bits per heavy atom. The van der Waals surface area contributed by atoms with Gasteiger partial charge in [-0.05, 0) is 29.2 Å². The summed E-state index contributed by atoms with van der Waals surface area (Å²) in [6, 6.07) is 8.13. The first-order valence-corrected chi connectivity index (χ1v) is 11.8. The highest BCUT2D eigenvalue weighted by Gasteiger charge is 2.33. The molecule has 0 aliphatic carbocycles. The van der Waals surface area contributed by atoms with Crippen LogP contribution in [0.3, 0.4) is 0 Å². The first-order chi connectivity index (χ1) is 18.3. The van der Waals surface area contributed by atoms with Crippen LogP contribution in [0.5, 0.6) is 6.01 Å². The zero-order valence-electron chi connectivity index (χ0n) is 20.3. The fraction of sp³-hybridized carbons (Fsp3) is 0.333. The Hall–Kier alpha value is -4.59. The number of pyridine rings is 1. The average Bonchev–Trinajstić information content (AvgIpc) is 3.49. The molecule has 5 rings (SSSR count). The van der Waals surface area contributed by atoms with E-state index >= 15 is 0 Å². The molecule has 0 bridgehead atoms. The largest absolute Gasteiger partial charge is 0.444 e. The van der Waals surface area contributed by atoms with Crippen LogP contribution in [0.2, 0.25) is 0 Å². The van der Waals surface area contributed by atoms with Gasteiger partial charge in [-0.25, -0.2) is 9.18 Å². The van der Waals surface area contributed by atoms with E-state index in [1.807, 2.05) is 0 Å². The van der Waals surface area contributed by atoms with Crippen molar-refractivity contribution in [1.82, 2.24) is 25.2 Å². The first-order valence-electron chi connectivity index (χ1n) is 11.8. The number of cyclic esters (lactones) is 1. The number of hydrogen-bond donors (Lipinski definition) is 2. The molecule has 2 atom stereocenters. The van der Waals surface area contributed by atoms with Crippen LogP contribution in [0.1, 0.15) is 12.6 Å². The number of amides is 2. The number of anilines is 1. The highest BCUT2D eigenvalue weighted by Crippen LogP contribution is 2.29. The Bertz CT molecular complexity index is 1380. The van der Waals surface area contributed by atoms with Crippen LogP contribution in [-0.4, -0.2) is 63.3 Å². The molecule has 1 aromatic carbocycles. The molecule has 1 saturated heterocycles. The van der Waals surface area contributed by atoms with Gasteiger partial charge in [-0.1, -0.05) is 6.07 Å². The minimum absolute atomic E-state index is 0.0992. The number of nitro groups is 1. The minimum atomic E-state index is -0.600. The first kappa shape index (κ1) is 25.1. The van der Waals surface area contributed by atoms with E-state index in [0.717, 1.165) is 5.69 Å². The lowest BCUT2D eigenvalue weighted by atomic mass is 10.1. The lowest BCUT2D eigenvalue weighted by Crippen LogP contribution is -2.41. The van der Waals surface area contributed by atoms with E-state index in [9.17, 15) is 24.1 Å². The molecule has 0 unspecified atom stereocenters. The summed E-state index contributed by atoms with van der Waals surface area (Å²) in [6.45, 7) is 2.95. The summed E-state index contributed by atoms with van der Waals surface area (Å²) in [5.74, 6) is -1.00. The topological polar surface area (TPSA) is 154 Å². The number of benzene rings is 1. The number of imidazole rings is 1. The number of fused-ring (bicyclic) bond motifs is 1. The predicted molar refractivity (Wildman–Crippen MR) is 131 cm³/mol. The molecular formula is C24H24FN7O6. The fourth-order valence-electron chi connectivity index (χ4n) is 4.25. The maximum absolute atomic E-state index is 15.0. The van der Waals surface area contributed by atoms with E-state index in [0.29, 0.717) is 36.5 Å². The molecule has 38 heavy (non-hydrogen) atoms. The summed E-state index contributed by atoms with van der Waals surface area (Å²) in [6.07, 6.45) is 1.79. The normalized spacial score (nSPS) is 18.5. The van der Waals surface area contributed by atoms with Crippen LogP contribution in [0.15, 0.2) is 42.7 Å². The Morgan fingerprint density at radius 1 is 1.29 bits per heavy atom. The standard InChI is InChI=1S/C24H24FN7O6/c1-14(33)26-9-19-11-31(24(34)38-19)18-4-5-20(21(25)6-18)15-2-3-16(27-7-15)8-28-17-10-30-12-22(32(35)36)29-23(30)37-13-17/h2-7,12,17,19,28H,8-11,13H2,1H3,(H,26,33)/t17-,19-/m0/s1. The fourth-order valence-corrected chi connectivity index (χ4v) is 4.25. The molecule has 0 radical (unpaired) electrons. The maximum Gasteiger partial charge on any atom is 0.414 e. The summed E-state index contributed by atoms with van der Waals surface area (Å²) in [4.78, 5) is 43.2. The van der Waals surface area contributed by atoms with Crippen LogP contribution in [0.4, 0.5) is 20.7 Å². The lowest BCUT2D eigenvalue weighted by Gasteiger charge is -2.23. The van der Waals surface area contributed by atoms with E-state index in [1.54, 1.807) is 35.0 Å². The van der Waals surface area contributed by atoms with Crippen LogP contribution >= 0.6 is 0 Å². The van der Waals surface area contributed by atoms with E-state index in [2.05, 4.69) is 20.6 Å². The van der Waals surface area contributed by atoms with Crippen LogP contribution in [0, 0.1) is 15.9 Å². The van der Waals surface area contributed by atoms with Gasteiger partial charge in [0.15, 0.2) is 0 Å². The Kier molecular flexibility index (Phi) is 6.87. The molecule has 2 aliphatic rings. The van der Waals surface area contributed by atoms with Crippen molar-refractivity contribution in [2.24, 2.45) is 0 Å². The molecule has 2 amide bonds. The number of ether oxygens (including phenoxy) is 2. The van der Waals surface area contributed by atoms with E-state index in [1.165, 1.54) is 24.1 Å². The van der Waals surface area contributed by atoms with Crippen molar-refractivity contribution >= 4 is 23.5 Å². The van der Waals surface area contributed by atoms with Gasteiger partial charge < -0.3 is 30.2 Å². The van der Waals surface area contributed by atoms with Crippen LogP contribution in [0.25, 0.3) is 11.1 Å². The molecular weight excluding hydrogens is 501 g/mol. The molecule has 2 N–H and O–H groups in total. The minimum Gasteiger partial charge on any atom is -0.444 e. The number of aromatic nitrogens is 3. The number of nitrogens with zero attached hydrogens (tertiary/aromatic N) is 5. The van der Waals surface area contributed by atoms with Gasteiger partial charge in [0, 0.05) is 42.3 Å². The van der Waals surface area contributed by atoms with Gasteiger partial charge >= 0.3 is 17.9 Å². The molecule has 13 nitrogen and oxygen atoms in total. The van der Waals surface area contributed by atoms with Crippen LogP contribution < -0.4 is 20.3 Å². The molecule has 1 fully saturated rings. The average molecular weight is 525 g/mol. The molecule has 198 valence electrons. The Balaban J connectivity index is 1.18. The van der Waals surface area contributed by atoms with E-state index in [4.69, 9.17) is 9.47 Å². The van der Waals surface area contributed by atoms with Crippen molar-refractivity contribution in [3.05, 3.63) is 64.4 Å². The molecule has 2 aromatic heterocycles. The zero-order chi connectivity index (χ0) is 26.8. The van der Waals surface area contributed by atoms with Gasteiger partial charge in [-0.3, -0.25) is 19.2 Å². The number of carbonyl (C=O) groups is 2. The third-order valence-corrected chi connectivity index (χ3v) is 6.17. The van der Waals surface area contributed by atoms with Crippen LogP contribution in [-0.2, 0) is 22.6 Å². The summed E-state index contributed by atoms with van der Waals surface area (Å²) in [5.41, 5.74) is 1.98. The maximum atomic E-state index is 15.0. The number of rotatable bonds is 8. The van der Waals surface area contributed by atoms with Gasteiger partial charge in [0.1, 0.15) is 24.7 Å². The zero-order valence-corrected chi connectivity index (χ0v) is 20.3. The van der Waals surface area contributed by atoms with Gasteiger partial charge in [0.2, 0.25) is 5.91 Å². The Labute approximate surface area is 215 Å². The summed E-state index contributed by atoms with van der Waals surface area (Å²) >= 11 is 0. The van der Waals surface area contributed by atoms with Crippen molar-refractivity contribution in [1.29, 1.82) is 0 Å². The molecule has 3 aromatic rings. The van der Waals surface area contributed by atoms with Crippen molar-refractivity contribution in [3.63, 3.8) is 0 Å². The molecule has 4 heterocycles. The van der Waals surface area contributed by atoms with Gasteiger partial charge in [0.05, 0.1) is 30.5 Å². The van der Waals surface area contributed by atoms with E-state index < -0.39 is 22.9 Å². The number of carbonyl (C=O) groups excluding carboxylic acids is 2. The Morgan fingerprint density at radius 2 is 2.13 bits per heavy atom. The third-order valence-electron chi connectivity index (χ3n) is 6.17. The summed E-state index contributed by atoms with van der Waals surface area (Å²) in [7, 11) is 0. The molecule has 14 heteroatoms. The number of halogens is 1. The lowest BCUT2D eigenvalue weighted by molar-refractivity contribution is -0.389. The SMILES string of the molecule is CC(=O)NC[C@H]1CN(c2ccc(-c3ccc(CN[C@@H]4COc5nc([N+](=O)[O-])cn5C4)nc3)c(F)c2)C(=O)O1. The van der Waals surface area contributed by atoms with Crippen molar-refractivity contribution in [2.45, 2.75) is 32.2 Å². The predicted octanol–water partition coefficient (Wildman–Crippen LogP) is 2.00. The van der Waals surface area contributed by atoms with Gasteiger partial charge in [0.25, 0.3) is 0 Å². The molecule has 0 saturated carbocycles. The number of hydrogen-bond acceptors (Lipinski definition) is 9. The van der Waals surface area contributed by atoms with Crippen molar-refractivity contribution in [3.8, 4) is 17.1 Å². The van der Waals surface area contributed by atoms with Gasteiger partial charge in [-0.2, -0.15) is 0 Å². The third kappa shape index (κ3) is 5.39. The molecule has 2 aliphatic heterocycles. The molecule has 0 spiro atoms. The van der Waals surface area contributed by atoms with E-state index in [-0.39, 0.29) is 36.9 Å². The van der Waals surface area contributed by atoms with Crippen molar-refractivity contribution < 1.29 is 28.4 Å². The summed E-state index contributed by atoms with van der Waals surface area (Å²) in [5, 5.41) is 16.8.